The summed E-state index contributed by atoms with van der Waals surface area (Å²) < 4.78 is 13.1. The van der Waals surface area contributed by atoms with Crippen molar-refractivity contribution in [3.05, 3.63) is 35.1 Å². The van der Waals surface area contributed by atoms with Gasteiger partial charge in [-0.2, -0.15) is 17.0 Å². The van der Waals surface area contributed by atoms with E-state index in [1.165, 1.54) is 30.4 Å². The summed E-state index contributed by atoms with van der Waals surface area (Å²) in [6, 6.07) is 6.60. The van der Waals surface area contributed by atoms with Crippen LogP contribution in [0, 0.1) is 23.1 Å². The lowest BCUT2D eigenvalue weighted by Crippen LogP contribution is -2.25. The van der Waals surface area contributed by atoms with Gasteiger partial charge in [-0.15, -0.1) is 0 Å². The van der Waals surface area contributed by atoms with Gasteiger partial charge in [0.2, 0.25) is 0 Å². The first-order chi connectivity index (χ1) is 8.79. The number of benzene rings is 1. The van der Waals surface area contributed by atoms with Crippen LogP contribution in [0.15, 0.2) is 18.2 Å². The average Bonchev–Trinajstić information content (AvgIpc) is 2.42. The summed E-state index contributed by atoms with van der Waals surface area (Å²) in [4.78, 5) is 0. The molecule has 0 aliphatic carbocycles. The Morgan fingerprint density at radius 2 is 2.17 bits per heavy atom. The molecule has 0 saturated carbocycles. The zero-order valence-electron chi connectivity index (χ0n) is 10.3. The fraction of sp³-hybridized carbons (Fsp3) is 0.500. The SMILES string of the molecule is N#Cc1cc(CNCC2CCSCC2)ccc1F. The summed E-state index contributed by atoms with van der Waals surface area (Å²) in [6.45, 7) is 1.72. The Hall–Kier alpha value is -1.05. The van der Waals surface area contributed by atoms with E-state index in [0.29, 0.717) is 6.54 Å². The molecule has 96 valence electrons. The van der Waals surface area contributed by atoms with E-state index in [9.17, 15) is 4.39 Å². The van der Waals surface area contributed by atoms with Crippen LogP contribution in [-0.2, 0) is 6.54 Å². The highest BCUT2D eigenvalue weighted by Gasteiger charge is 2.12. The molecule has 18 heavy (non-hydrogen) atoms. The molecule has 1 saturated heterocycles. The smallest absolute Gasteiger partial charge is 0.140 e. The number of hydrogen-bond acceptors (Lipinski definition) is 3. The maximum atomic E-state index is 13.1. The lowest BCUT2D eigenvalue weighted by molar-refractivity contribution is 0.447. The van der Waals surface area contributed by atoms with E-state index in [4.69, 9.17) is 5.26 Å². The molecular weight excluding hydrogens is 247 g/mol. The molecule has 0 aromatic heterocycles. The minimum Gasteiger partial charge on any atom is -0.312 e. The number of halogens is 1. The monoisotopic (exact) mass is 264 g/mol. The van der Waals surface area contributed by atoms with Crippen LogP contribution in [0.25, 0.3) is 0 Å². The van der Waals surface area contributed by atoms with E-state index in [0.717, 1.165) is 18.0 Å². The molecule has 1 fully saturated rings. The van der Waals surface area contributed by atoms with Crippen molar-refractivity contribution in [2.75, 3.05) is 18.1 Å². The summed E-state index contributed by atoms with van der Waals surface area (Å²) >= 11 is 2.03. The molecule has 0 atom stereocenters. The minimum absolute atomic E-state index is 0.128. The highest BCUT2D eigenvalue weighted by Crippen LogP contribution is 2.22. The zero-order valence-corrected chi connectivity index (χ0v) is 11.1. The van der Waals surface area contributed by atoms with E-state index in [2.05, 4.69) is 5.32 Å². The van der Waals surface area contributed by atoms with E-state index < -0.39 is 5.82 Å². The number of nitrogens with one attached hydrogen (secondary N) is 1. The average molecular weight is 264 g/mol. The largest absolute Gasteiger partial charge is 0.312 e. The lowest BCUT2D eigenvalue weighted by Gasteiger charge is -2.21. The number of rotatable bonds is 4. The van der Waals surface area contributed by atoms with E-state index in [-0.39, 0.29) is 5.56 Å². The molecule has 2 nitrogen and oxygen atoms in total. The predicted octanol–water partition coefficient (Wildman–Crippen LogP) is 2.93. The van der Waals surface area contributed by atoms with Gasteiger partial charge in [-0.25, -0.2) is 4.39 Å². The molecule has 1 aliphatic rings. The minimum atomic E-state index is -0.439. The van der Waals surface area contributed by atoms with Crippen molar-refractivity contribution in [2.24, 2.45) is 5.92 Å². The number of nitrogens with zero attached hydrogens (tertiary/aromatic N) is 1. The van der Waals surface area contributed by atoms with Crippen LogP contribution in [0.2, 0.25) is 0 Å². The van der Waals surface area contributed by atoms with Crippen molar-refractivity contribution in [2.45, 2.75) is 19.4 Å². The third kappa shape index (κ3) is 3.72. The van der Waals surface area contributed by atoms with E-state index in [1.54, 1.807) is 12.1 Å². The Bertz CT molecular complexity index is 436. The van der Waals surface area contributed by atoms with Gasteiger partial charge in [0.15, 0.2) is 0 Å². The highest BCUT2D eigenvalue weighted by molar-refractivity contribution is 7.99. The second-order valence-electron chi connectivity index (χ2n) is 4.61. The van der Waals surface area contributed by atoms with Gasteiger partial charge < -0.3 is 5.32 Å². The van der Waals surface area contributed by atoms with Crippen molar-refractivity contribution in [1.29, 1.82) is 5.26 Å². The summed E-state index contributed by atoms with van der Waals surface area (Å²) in [5, 5.41) is 12.2. The van der Waals surface area contributed by atoms with Crippen molar-refractivity contribution >= 4 is 11.8 Å². The molecule has 1 heterocycles. The normalized spacial score (nSPS) is 16.4. The van der Waals surface area contributed by atoms with Gasteiger partial charge >= 0.3 is 0 Å². The second-order valence-corrected chi connectivity index (χ2v) is 5.84. The Kier molecular flexibility index (Phi) is 5.03. The lowest BCUT2D eigenvalue weighted by atomic mass is 10.0. The van der Waals surface area contributed by atoms with Gasteiger partial charge in [0.25, 0.3) is 0 Å². The second kappa shape index (κ2) is 6.77. The van der Waals surface area contributed by atoms with E-state index in [1.807, 2.05) is 17.8 Å². The Morgan fingerprint density at radius 1 is 1.39 bits per heavy atom. The Balaban J connectivity index is 1.81. The first-order valence-electron chi connectivity index (χ1n) is 6.26. The summed E-state index contributed by atoms with van der Waals surface area (Å²) in [5.74, 6) is 2.86. The topological polar surface area (TPSA) is 35.8 Å². The van der Waals surface area contributed by atoms with Crippen molar-refractivity contribution in [1.82, 2.24) is 5.32 Å². The molecule has 1 aliphatic heterocycles. The third-order valence-electron chi connectivity index (χ3n) is 3.25. The molecular formula is C14H17FN2S. The molecule has 0 unspecified atom stereocenters. The number of thioether (sulfide) groups is 1. The standard InChI is InChI=1S/C14H17FN2S/c15-14-2-1-12(7-13(14)8-16)10-17-9-11-3-5-18-6-4-11/h1-2,7,11,17H,3-6,9-10H2. The van der Waals surface area contributed by atoms with Gasteiger partial charge in [-0.3, -0.25) is 0 Å². The van der Waals surface area contributed by atoms with Crippen LogP contribution < -0.4 is 5.32 Å². The van der Waals surface area contributed by atoms with Gasteiger partial charge in [0, 0.05) is 6.54 Å². The first-order valence-corrected chi connectivity index (χ1v) is 7.42. The van der Waals surface area contributed by atoms with Crippen LogP contribution >= 0.6 is 11.8 Å². The molecule has 1 N–H and O–H groups in total. The molecule has 0 bridgehead atoms. The summed E-state index contributed by atoms with van der Waals surface area (Å²) in [6.07, 6.45) is 2.56. The highest BCUT2D eigenvalue weighted by atomic mass is 32.2. The molecule has 1 aromatic carbocycles. The van der Waals surface area contributed by atoms with Crippen LogP contribution in [0.3, 0.4) is 0 Å². The van der Waals surface area contributed by atoms with Crippen molar-refractivity contribution in [3.63, 3.8) is 0 Å². The number of hydrogen-bond donors (Lipinski definition) is 1. The van der Waals surface area contributed by atoms with E-state index >= 15 is 0 Å². The maximum absolute atomic E-state index is 13.1. The number of nitriles is 1. The third-order valence-corrected chi connectivity index (χ3v) is 4.30. The Morgan fingerprint density at radius 3 is 2.89 bits per heavy atom. The molecule has 0 radical (unpaired) electrons. The van der Waals surface area contributed by atoms with Crippen molar-refractivity contribution in [3.8, 4) is 6.07 Å². The van der Waals surface area contributed by atoms with Crippen LogP contribution in [-0.4, -0.2) is 18.1 Å². The fourth-order valence-corrected chi connectivity index (χ4v) is 3.34. The van der Waals surface area contributed by atoms with Gasteiger partial charge in [0.1, 0.15) is 11.9 Å². The summed E-state index contributed by atoms with van der Waals surface area (Å²) in [5.41, 5.74) is 1.10. The predicted molar refractivity (Wildman–Crippen MR) is 72.9 cm³/mol. The Labute approximate surface area is 112 Å². The van der Waals surface area contributed by atoms with Gasteiger partial charge in [0.05, 0.1) is 5.56 Å². The molecule has 0 spiro atoms. The maximum Gasteiger partial charge on any atom is 0.140 e. The van der Waals surface area contributed by atoms with Gasteiger partial charge in [-0.1, -0.05) is 6.07 Å². The quantitative estimate of drug-likeness (QED) is 0.908. The van der Waals surface area contributed by atoms with Crippen LogP contribution in [0.1, 0.15) is 24.0 Å². The van der Waals surface area contributed by atoms with Crippen LogP contribution in [0.4, 0.5) is 4.39 Å². The first kappa shape index (κ1) is 13.4. The molecule has 2 rings (SSSR count). The summed E-state index contributed by atoms with van der Waals surface area (Å²) in [7, 11) is 0. The van der Waals surface area contributed by atoms with Gasteiger partial charge in [-0.05, 0) is 54.5 Å². The zero-order chi connectivity index (χ0) is 12.8. The molecule has 1 aromatic rings. The van der Waals surface area contributed by atoms with Crippen molar-refractivity contribution < 1.29 is 4.39 Å². The molecule has 4 heteroatoms. The molecule has 0 amide bonds. The van der Waals surface area contributed by atoms with Crippen LogP contribution in [0.5, 0.6) is 0 Å². The fourth-order valence-electron chi connectivity index (χ4n) is 2.14.